The van der Waals surface area contributed by atoms with Crippen LogP contribution >= 0.6 is 0 Å². The second kappa shape index (κ2) is 8.48. The number of carbonyl (C=O) groups is 2. The highest BCUT2D eigenvalue weighted by molar-refractivity contribution is 6.08. The Morgan fingerprint density at radius 3 is 2.40 bits per heavy atom. The maximum absolute atomic E-state index is 13.3. The van der Waals surface area contributed by atoms with Gasteiger partial charge >= 0.3 is 12.1 Å². The summed E-state index contributed by atoms with van der Waals surface area (Å²) in [4.78, 5) is 32.0. The molecule has 30 heavy (non-hydrogen) atoms. The molecule has 6 nitrogen and oxygen atoms in total. The topological polar surface area (TPSA) is 73.2 Å². The lowest BCUT2D eigenvalue weighted by molar-refractivity contribution is -0.192. The fourth-order valence-corrected chi connectivity index (χ4v) is 5.16. The monoisotopic (exact) mass is 431 g/mol. The summed E-state index contributed by atoms with van der Waals surface area (Å²) in [6.07, 6.45) is 0.571. The van der Waals surface area contributed by atoms with Crippen LogP contribution in [0.2, 0.25) is 0 Å². The molecule has 2 aliphatic carbocycles. The Hall–Kier alpha value is -1.64. The van der Waals surface area contributed by atoms with Crippen molar-refractivity contribution in [3.05, 3.63) is 0 Å². The fraction of sp³-hybridized carbons (Fsp3) is 0.857. The third kappa shape index (κ3) is 4.65. The number of rotatable bonds is 5. The van der Waals surface area contributed by atoms with Crippen molar-refractivity contribution in [2.45, 2.75) is 64.6 Å². The zero-order valence-corrected chi connectivity index (χ0v) is 17.9. The van der Waals surface area contributed by atoms with Gasteiger partial charge in [-0.1, -0.05) is 20.8 Å². The van der Waals surface area contributed by atoms with Gasteiger partial charge in [0.15, 0.2) is 0 Å². The Labute approximate surface area is 175 Å². The quantitative estimate of drug-likeness (QED) is 0.724. The van der Waals surface area contributed by atoms with Gasteiger partial charge in [-0.2, -0.15) is 13.2 Å². The van der Waals surface area contributed by atoms with Gasteiger partial charge in [-0.25, -0.2) is 4.79 Å². The minimum atomic E-state index is -5.08. The van der Waals surface area contributed by atoms with Crippen LogP contribution in [0.15, 0.2) is 4.99 Å². The van der Waals surface area contributed by atoms with Crippen LogP contribution < -0.4 is 0 Å². The number of amides is 1. The number of aliphatic carboxylic acids is 1. The molecule has 4 aliphatic rings. The minimum absolute atomic E-state index is 0.347. The molecule has 0 radical (unpaired) electrons. The number of aliphatic imine (C=N–C) groups is 1. The Morgan fingerprint density at radius 2 is 1.90 bits per heavy atom. The van der Waals surface area contributed by atoms with Crippen LogP contribution in [0.1, 0.15) is 52.9 Å². The number of carboxylic acid groups (broad SMARTS) is 1. The predicted molar refractivity (Wildman–Crippen MR) is 106 cm³/mol. The Balaban J connectivity index is 0.000000318. The van der Waals surface area contributed by atoms with E-state index < -0.39 is 17.7 Å². The fourth-order valence-electron chi connectivity index (χ4n) is 5.16. The van der Waals surface area contributed by atoms with Crippen molar-refractivity contribution in [1.29, 1.82) is 0 Å². The lowest BCUT2D eigenvalue weighted by Gasteiger charge is -2.28. The van der Waals surface area contributed by atoms with E-state index in [1.165, 1.54) is 25.8 Å². The maximum Gasteiger partial charge on any atom is 0.490 e. The molecule has 170 valence electrons. The molecule has 0 aromatic rings. The number of fused-ring (bicyclic) bond motifs is 2. The van der Waals surface area contributed by atoms with Crippen molar-refractivity contribution < 1.29 is 27.9 Å². The third-order valence-corrected chi connectivity index (χ3v) is 6.60. The summed E-state index contributed by atoms with van der Waals surface area (Å²) in [6, 6.07) is 0. The van der Waals surface area contributed by atoms with Gasteiger partial charge in [0.25, 0.3) is 5.91 Å². The first-order valence-corrected chi connectivity index (χ1v) is 10.9. The predicted octanol–water partition coefficient (Wildman–Crippen LogP) is 3.42. The number of nitrogens with zero attached hydrogens (tertiary/aromatic N) is 3. The molecule has 0 aromatic heterocycles. The number of alkyl halides is 3. The average Bonchev–Trinajstić information content (AvgIpc) is 3.19. The molecule has 3 atom stereocenters. The summed E-state index contributed by atoms with van der Waals surface area (Å²) in [5.41, 5.74) is -0.392. The lowest BCUT2D eigenvalue weighted by Crippen LogP contribution is -2.47. The Kier molecular flexibility index (Phi) is 6.51. The van der Waals surface area contributed by atoms with E-state index in [9.17, 15) is 18.0 Å². The van der Waals surface area contributed by atoms with Crippen molar-refractivity contribution in [1.82, 2.24) is 9.80 Å². The maximum atomic E-state index is 13.3. The van der Waals surface area contributed by atoms with E-state index in [-0.39, 0.29) is 0 Å². The van der Waals surface area contributed by atoms with E-state index in [1.54, 1.807) is 0 Å². The van der Waals surface area contributed by atoms with Crippen LogP contribution in [0.25, 0.3) is 0 Å². The Bertz CT molecular complexity index is 705. The molecule has 1 N–H and O–H groups in total. The largest absolute Gasteiger partial charge is 0.490 e. The van der Waals surface area contributed by atoms with Gasteiger partial charge in [0.2, 0.25) is 0 Å². The molecule has 1 saturated heterocycles. The Morgan fingerprint density at radius 1 is 1.27 bits per heavy atom. The van der Waals surface area contributed by atoms with Crippen LogP contribution in [-0.2, 0) is 9.59 Å². The number of carboxylic acids is 1. The van der Waals surface area contributed by atoms with Crippen LogP contribution in [0, 0.1) is 23.7 Å². The van der Waals surface area contributed by atoms with Gasteiger partial charge < -0.3 is 10.0 Å². The molecule has 2 saturated carbocycles. The molecule has 1 amide bonds. The molecular formula is C21H32F3N3O3. The first-order valence-electron chi connectivity index (χ1n) is 10.9. The second-order valence-electron chi connectivity index (χ2n) is 9.49. The molecule has 3 fully saturated rings. The normalized spacial score (nSPS) is 31.2. The smallest absolute Gasteiger partial charge is 0.475 e. The SMILES string of the molecule is CCC1=N[C@@]2(CC[C@@H]3CN(CC(C)C)C[C@@H]32)C(=O)N1CC1CC1.O=C(O)C(F)(F)F. The summed E-state index contributed by atoms with van der Waals surface area (Å²) >= 11 is 0. The molecule has 4 rings (SSSR count). The van der Waals surface area contributed by atoms with Crippen molar-refractivity contribution >= 4 is 17.7 Å². The van der Waals surface area contributed by atoms with E-state index in [0.29, 0.717) is 23.7 Å². The first-order chi connectivity index (χ1) is 14.0. The molecular weight excluding hydrogens is 399 g/mol. The molecule has 9 heteroatoms. The summed E-state index contributed by atoms with van der Waals surface area (Å²) in [5, 5.41) is 7.12. The summed E-state index contributed by atoms with van der Waals surface area (Å²) in [5.74, 6) is 1.24. The van der Waals surface area contributed by atoms with Crippen LogP contribution in [0.4, 0.5) is 13.2 Å². The molecule has 0 unspecified atom stereocenters. The number of likely N-dealkylation sites (tertiary alicyclic amines) is 1. The number of hydrogen-bond donors (Lipinski definition) is 1. The highest BCUT2D eigenvalue weighted by atomic mass is 19.4. The van der Waals surface area contributed by atoms with Crippen molar-refractivity contribution in [2.24, 2.45) is 28.7 Å². The minimum Gasteiger partial charge on any atom is -0.475 e. The second-order valence-corrected chi connectivity index (χ2v) is 9.49. The molecule has 0 aromatic carbocycles. The number of carbonyl (C=O) groups excluding carboxylic acids is 1. The van der Waals surface area contributed by atoms with E-state index in [2.05, 4.69) is 30.6 Å². The van der Waals surface area contributed by atoms with E-state index in [1.807, 2.05) is 0 Å². The van der Waals surface area contributed by atoms with E-state index >= 15 is 0 Å². The number of halogens is 3. The van der Waals surface area contributed by atoms with E-state index in [4.69, 9.17) is 14.9 Å². The molecule has 0 bridgehead atoms. The lowest BCUT2D eigenvalue weighted by atomic mass is 9.85. The summed E-state index contributed by atoms with van der Waals surface area (Å²) < 4.78 is 31.7. The molecule has 1 spiro atoms. The standard InChI is InChI=1S/C19H31N3O.C2HF3O2/c1-4-17-20-19(18(23)22(17)10-14-5-6-14)8-7-15-11-21(9-13(2)3)12-16(15)19;3-2(4,5)1(6)7/h13-16H,4-12H2,1-3H3;(H,6,7)/t15-,16+,19-;/m1./s1. The van der Waals surface area contributed by atoms with Gasteiger partial charge in [-0.05, 0) is 43.4 Å². The number of amidine groups is 1. The number of hydrogen-bond acceptors (Lipinski definition) is 4. The summed E-state index contributed by atoms with van der Waals surface area (Å²) in [7, 11) is 0. The average molecular weight is 431 g/mol. The van der Waals surface area contributed by atoms with Crippen LogP contribution in [-0.4, -0.2) is 70.5 Å². The van der Waals surface area contributed by atoms with Crippen molar-refractivity contribution in [3.63, 3.8) is 0 Å². The van der Waals surface area contributed by atoms with Crippen molar-refractivity contribution in [3.8, 4) is 0 Å². The highest BCUT2D eigenvalue weighted by Crippen LogP contribution is 2.51. The van der Waals surface area contributed by atoms with Gasteiger partial charge in [-0.3, -0.25) is 14.7 Å². The van der Waals surface area contributed by atoms with Crippen molar-refractivity contribution in [2.75, 3.05) is 26.2 Å². The zero-order valence-electron chi connectivity index (χ0n) is 17.9. The zero-order chi connectivity index (χ0) is 22.3. The highest BCUT2D eigenvalue weighted by Gasteiger charge is 2.61. The summed E-state index contributed by atoms with van der Waals surface area (Å²) in [6.45, 7) is 11.1. The van der Waals surface area contributed by atoms with Gasteiger partial charge in [0, 0.05) is 38.5 Å². The van der Waals surface area contributed by atoms with Gasteiger partial charge in [0.05, 0.1) is 0 Å². The van der Waals surface area contributed by atoms with Gasteiger partial charge in [0.1, 0.15) is 11.4 Å². The third-order valence-electron chi connectivity index (χ3n) is 6.60. The van der Waals surface area contributed by atoms with Crippen LogP contribution in [0.3, 0.4) is 0 Å². The van der Waals surface area contributed by atoms with Crippen LogP contribution in [0.5, 0.6) is 0 Å². The molecule has 2 heterocycles. The first kappa shape index (κ1) is 23.0. The molecule has 2 aliphatic heterocycles. The van der Waals surface area contributed by atoms with E-state index in [0.717, 1.165) is 44.2 Å². The van der Waals surface area contributed by atoms with Gasteiger partial charge in [-0.15, -0.1) is 0 Å².